The molecule has 0 saturated carbocycles. The number of ether oxygens (including phenoxy) is 1. The summed E-state index contributed by atoms with van der Waals surface area (Å²) in [4.78, 5) is 0. The maximum atomic E-state index is 6.18. The molecule has 1 atom stereocenters. The molecular formula is C18H21N3O. The second-order valence-electron chi connectivity index (χ2n) is 5.88. The second-order valence-corrected chi connectivity index (χ2v) is 5.88. The summed E-state index contributed by atoms with van der Waals surface area (Å²) in [6, 6.07) is 17.9. The van der Waals surface area contributed by atoms with E-state index in [1.165, 1.54) is 0 Å². The van der Waals surface area contributed by atoms with Gasteiger partial charge in [-0.15, -0.1) is 5.10 Å². The first kappa shape index (κ1) is 14.6. The molecule has 3 rings (SSSR count). The maximum absolute atomic E-state index is 6.18. The summed E-state index contributed by atoms with van der Waals surface area (Å²) in [6.45, 7) is 4.44. The summed E-state index contributed by atoms with van der Waals surface area (Å²) in [5.74, 6) is 1.48. The lowest BCUT2D eigenvalue weighted by Gasteiger charge is -2.20. The smallest absolute Gasteiger partial charge is 0.193 e. The van der Waals surface area contributed by atoms with E-state index >= 15 is 0 Å². The fourth-order valence-electron chi connectivity index (χ4n) is 2.46. The summed E-state index contributed by atoms with van der Waals surface area (Å²) in [7, 11) is 0. The van der Waals surface area contributed by atoms with E-state index in [4.69, 9.17) is 4.74 Å². The highest BCUT2D eigenvalue weighted by Gasteiger charge is 2.17. The quantitative estimate of drug-likeness (QED) is 0.674. The van der Waals surface area contributed by atoms with E-state index in [9.17, 15) is 0 Å². The molecule has 0 N–H and O–H groups in total. The Labute approximate surface area is 130 Å². The number of fused-ring (bicyclic) bond motifs is 1. The Morgan fingerprint density at radius 3 is 2.45 bits per heavy atom. The molecule has 1 unspecified atom stereocenters. The first-order valence-corrected chi connectivity index (χ1v) is 7.75. The Bertz CT molecular complexity index is 721. The van der Waals surface area contributed by atoms with E-state index in [-0.39, 0.29) is 6.23 Å². The Kier molecular flexibility index (Phi) is 4.37. The highest BCUT2D eigenvalue weighted by Crippen LogP contribution is 2.25. The Balaban J connectivity index is 1.90. The van der Waals surface area contributed by atoms with E-state index < -0.39 is 0 Å². The third-order valence-corrected chi connectivity index (χ3v) is 3.66. The van der Waals surface area contributed by atoms with Crippen LogP contribution in [0, 0.1) is 5.92 Å². The average Bonchev–Trinajstić information content (AvgIpc) is 2.96. The van der Waals surface area contributed by atoms with Gasteiger partial charge in [-0.1, -0.05) is 49.4 Å². The molecule has 1 heterocycles. The van der Waals surface area contributed by atoms with Crippen LogP contribution in [0.4, 0.5) is 0 Å². The van der Waals surface area contributed by atoms with Gasteiger partial charge in [-0.25, -0.2) is 4.68 Å². The van der Waals surface area contributed by atoms with Crippen LogP contribution in [0.2, 0.25) is 0 Å². The predicted molar refractivity (Wildman–Crippen MR) is 87.7 cm³/mol. The minimum absolute atomic E-state index is 0.141. The summed E-state index contributed by atoms with van der Waals surface area (Å²) in [5, 5.41) is 8.55. The highest BCUT2D eigenvalue weighted by molar-refractivity contribution is 5.73. The van der Waals surface area contributed by atoms with E-state index in [0.717, 1.165) is 29.6 Å². The van der Waals surface area contributed by atoms with Crippen LogP contribution in [-0.2, 0) is 0 Å². The van der Waals surface area contributed by atoms with Gasteiger partial charge in [0.1, 0.15) is 11.3 Å². The van der Waals surface area contributed by atoms with Gasteiger partial charge in [-0.05, 0) is 36.6 Å². The fourth-order valence-corrected chi connectivity index (χ4v) is 2.46. The van der Waals surface area contributed by atoms with E-state index in [1.54, 1.807) is 0 Å². The fraction of sp³-hybridized carbons (Fsp3) is 0.333. The minimum Gasteiger partial charge on any atom is -0.469 e. The lowest BCUT2D eigenvalue weighted by atomic mass is 10.1. The van der Waals surface area contributed by atoms with Crippen LogP contribution in [0.3, 0.4) is 0 Å². The van der Waals surface area contributed by atoms with Crippen LogP contribution >= 0.6 is 0 Å². The molecule has 0 fully saturated rings. The average molecular weight is 295 g/mol. The van der Waals surface area contributed by atoms with Crippen LogP contribution in [0.5, 0.6) is 5.75 Å². The molecule has 2 aromatic carbocycles. The van der Waals surface area contributed by atoms with Crippen LogP contribution < -0.4 is 4.74 Å². The largest absolute Gasteiger partial charge is 0.469 e. The lowest BCUT2D eigenvalue weighted by molar-refractivity contribution is 0.104. The zero-order valence-electron chi connectivity index (χ0n) is 13.0. The Morgan fingerprint density at radius 2 is 1.68 bits per heavy atom. The Hall–Kier alpha value is -2.36. The lowest BCUT2D eigenvalue weighted by Crippen LogP contribution is -2.18. The molecule has 4 heteroatoms. The van der Waals surface area contributed by atoms with Crippen molar-refractivity contribution in [2.45, 2.75) is 32.9 Å². The second kappa shape index (κ2) is 6.60. The van der Waals surface area contributed by atoms with Crippen molar-refractivity contribution in [2.24, 2.45) is 5.92 Å². The zero-order chi connectivity index (χ0) is 15.4. The number of hydrogen-bond acceptors (Lipinski definition) is 3. The van der Waals surface area contributed by atoms with Gasteiger partial charge in [0.25, 0.3) is 0 Å². The molecule has 4 nitrogen and oxygen atoms in total. The van der Waals surface area contributed by atoms with Crippen LogP contribution in [0.25, 0.3) is 11.0 Å². The molecule has 0 radical (unpaired) electrons. The number of para-hydroxylation sites is 2. The molecule has 0 aliphatic heterocycles. The van der Waals surface area contributed by atoms with Crippen molar-refractivity contribution in [1.82, 2.24) is 15.0 Å². The number of nitrogens with zero attached hydrogens (tertiary/aromatic N) is 3. The van der Waals surface area contributed by atoms with Crippen molar-refractivity contribution in [3.63, 3.8) is 0 Å². The SMILES string of the molecule is CC(C)CCC(Oc1ccccc1)n1nnc2ccccc21. The van der Waals surface area contributed by atoms with E-state index in [0.29, 0.717) is 5.92 Å². The first-order chi connectivity index (χ1) is 10.7. The van der Waals surface area contributed by atoms with E-state index in [1.807, 2.05) is 59.3 Å². The van der Waals surface area contributed by atoms with Gasteiger partial charge in [0.15, 0.2) is 6.23 Å². The van der Waals surface area contributed by atoms with Gasteiger partial charge >= 0.3 is 0 Å². The third-order valence-electron chi connectivity index (χ3n) is 3.66. The molecule has 1 aromatic heterocycles. The predicted octanol–water partition coefficient (Wildman–Crippen LogP) is 4.45. The van der Waals surface area contributed by atoms with Crippen molar-refractivity contribution < 1.29 is 4.74 Å². The van der Waals surface area contributed by atoms with Crippen molar-refractivity contribution in [3.8, 4) is 5.75 Å². The van der Waals surface area contributed by atoms with Gasteiger partial charge in [0, 0.05) is 6.42 Å². The topological polar surface area (TPSA) is 39.9 Å². The van der Waals surface area contributed by atoms with Crippen LogP contribution in [0.15, 0.2) is 54.6 Å². The zero-order valence-corrected chi connectivity index (χ0v) is 13.0. The van der Waals surface area contributed by atoms with Crippen molar-refractivity contribution in [2.75, 3.05) is 0 Å². The van der Waals surface area contributed by atoms with Gasteiger partial charge in [0.2, 0.25) is 0 Å². The standard InChI is InChI=1S/C18H21N3O/c1-14(2)12-13-18(22-15-8-4-3-5-9-15)21-17-11-7-6-10-16(17)19-20-21/h3-11,14,18H,12-13H2,1-2H3. The highest BCUT2D eigenvalue weighted by atomic mass is 16.5. The normalized spacial score (nSPS) is 12.7. The monoisotopic (exact) mass is 295 g/mol. The van der Waals surface area contributed by atoms with E-state index in [2.05, 4.69) is 24.2 Å². The first-order valence-electron chi connectivity index (χ1n) is 7.75. The van der Waals surface area contributed by atoms with Crippen LogP contribution in [-0.4, -0.2) is 15.0 Å². The number of benzene rings is 2. The van der Waals surface area contributed by atoms with Gasteiger partial charge in [0.05, 0.1) is 5.52 Å². The molecule has 0 aliphatic carbocycles. The Morgan fingerprint density at radius 1 is 0.955 bits per heavy atom. The molecule has 22 heavy (non-hydrogen) atoms. The minimum atomic E-state index is -0.141. The summed E-state index contributed by atoms with van der Waals surface area (Å²) in [6.07, 6.45) is 1.84. The van der Waals surface area contributed by atoms with Gasteiger partial charge in [-0.3, -0.25) is 0 Å². The molecule has 0 aliphatic rings. The van der Waals surface area contributed by atoms with Gasteiger partial charge < -0.3 is 4.74 Å². The summed E-state index contributed by atoms with van der Waals surface area (Å²) < 4.78 is 8.07. The molecule has 0 spiro atoms. The van der Waals surface area contributed by atoms with Crippen molar-refractivity contribution in [3.05, 3.63) is 54.6 Å². The van der Waals surface area contributed by atoms with Crippen molar-refractivity contribution in [1.29, 1.82) is 0 Å². The summed E-state index contributed by atoms with van der Waals surface area (Å²) >= 11 is 0. The van der Waals surface area contributed by atoms with Gasteiger partial charge in [-0.2, -0.15) is 0 Å². The molecule has 114 valence electrons. The summed E-state index contributed by atoms with van der Waals surface area (Å²) in [5.41, 5.74) is 1.90. The van der Waals surface area contributed by atoms with Crippen molar-refractivity contribution >= 4 is 11.0 Å². The molecular weight excluding hydrogens is 274 g/mol. The maximum Gasteiger partial charge on any atom is 0.193 e. The number of hydrogen-bond donors (Lipinski definition) is 0. The molecule has 0 bridgehead atoms. The molecule has 0 amide bonds. The van der Waals surface area contributed by atoms with Crippen LogP contribution in [0.1, 0.15) is 32.9 Å². The number of rotatable bonds is 6. The molecule has 0 saturated heterocycles. The third kappa shape index (κ3) is 3.27. The molecule has 3 aromatic rings. The number of aromatic nitrogens is 3.